The van der Waals surface area contributed by atoms with Crippen LogP contribution in [0.4, 0.5) is 0 Å². The molecular formula is C19H24O5S2. The van der Waals surface area contributed by atoms with E-state index in [-0.39, 0.29) is 22.8 Å². The third kappa shape index (κ3) is 4.52. The second kappa shape index (κ2) is 8.79. The molecule has 142 valence electrons. The van der Waals surface area contributed by atoms with Gasteiger partial charge in [-0.2, -0.15) is 0 Å². The molecule has 0 heterocycles. The fourth-order valence-corrected chi connectivity index (χ4v) is 7.64. The lowest BCUT2D eigenvalue weighted by Gasteiger charge is -2.22. The lowest BCUT2D eigenvalue weighted by molar-refractivity contribution is 0.212. The molecule has 7 heteroatoms. The highest BCUT2D eigenvalue weighted by Crippen LogP contribution is 2.31. The summed E-state index contributed by atoms with van der Waals surface area (Å²) >= 11 is 0. The summed E-state index contributed by atoms with van der Waals surface area (Å²) in [4.78, 5) is -0.0598. The van der Waals surface area contributed by atoms with E-state index in [1.165, 1.54) is 24.3 Å². The van der Waals surface area contributed by atoms with Gasteiger partial charge in [0, 0.05) is 6.61 Å². The maximum absolute atomic E-state index is 13.1. The molecule has 0 fully saturated rings. The Labute approximate surface area is 155 Å². The quantitative estimate of drug-likeness (QED) is 0.704. The van der Waals surface area contributed by atoms with E-state index in [0.29, 0.717) is 6.42 Å². The van der Waals surface area contributed by atoms with Crippen molar-refractivity contribution in [1.82, 2.24) is 0 Å². The predicted molar refractivity (Wildman–Crippen MR) is 101 cm³/mol. The minimum atomic E-state index is -4.13. The lowest BCUT2D eigenvalue weighted by Crippen LogP contribution is -2.33. The Bertz CT molecular complexity index is 822. The highest BCUT2D eigenvalue weighted by atomic mass is 32.3. The molecular weight excluding hydrogens is 372 g/mol. The standard InChI is InChI=1S/C19H24O5S2/c1-2-9-16(15-20)14-19(25(21,22)17-10-5-3-6-11-17)26(23,24)18-12-7-4-8-13-18/h3-8,10-13,16,19-20H,2,9,14-15H2,1H3/t16-/m0/s1. The fourth-order valence-electron chi connectivity index (χ4n) is 2.91. The third-order valence-electron chi connectivity index (χ3n) is 4.32. The summed E-state index contributed by atoms with van der Waals surface area (Å²) in [5.74, 6) is -0.401. The van der Waals surface area contributed by atoms with Crippen molar-refractivity contribution in [1.29, 1.82) is 0 Å². The summed E-state index contributed by atoms with van der Waals surface area (Å²) in [6, 6.07) is 15.2. The molecule has 0 aliphatic heterocycles. The first-order valence-electron chi connectivity index (χ1n) is 8.52. The highest BCUT2D eigenvalue weighted by Gasteiger charge is 2.41. The molecule has 0 aliphatic rings. The molecule has 1 atom stereocenters. The van der Waals surface area contributed by atoms with Crippen LogP contribution in [0.3, 0.4) is 0 Å². The summed E-state index contributed by atoms with van der Waals surface area (Å²) in [7, 11) is -8.26. The number of aliphatic hydroxyl groups excluding tert-OH is 1. The predicted octanol–water partition coefficient (Wildman–Crippen LogP) is 3.06. The molecule has 0 saturated carbocycles. The van der Waals surface area contributed by atoms with Gasteiger partial charge in [-0.3, -0.25) is 0 Å². The van der Waals surface area contributed by atoms with E-state index < -0.39 is 30.2 Å². The fraction of sp³-hybridized carbons (Fsp3) is 0.368. The number of hydrogen-bond acceptors (Lipinski definition) is 5. The summed E-state index contributed by atoms with van der Waals surface area (Å²) in [6.45, 7) is 1.66. The first-order valence-corrected chi connectivity index (χ1v) is 11.6. The van der Waals surface area contributed by atoms with Gasteiger partial charge in [-0.15, -0.1) is 0 Å². The van der Waals surface area contributed by atoms with Crippen LogP contribution in [-0.4, -0.2) is 33.1 Å². The average Bonchev–Trinajstić information content (AvgIpc) is 2.66. The molecule has 0 bridgehead atoms. The van der Waals surface area contributed by atoms with Crippen molar-refractivity contribution in [3.05, 3.63) is 60.7 Å². The van der Waals surface area contributed by atoms with E-state index >= 15 is 0 Å². The molecule has 2 rings (SSSR count). The van der Waals surface area contributed by atoms with Crippen molar-refractivity contribution in [2.24, 2.45) is 5.92 Å². The van der Waals surface area contributed by atoms with Crippen molar-refractivity contribution in [2.45, 2.75) is 40.6 Å². The maximum Gasteiger partial charge on any atom is 0.195 e. The Hall–Kier alpha value is -1.70. The number of sulfone groups is 2. The molecule has 0 aliphatic carbocycles. The Morgan fingerprint density at radius 1 is 0.808 bits per heavy atom. The number of rotatable bonds is 9. The average molecular weight is 397 g/mol. The van der Waals surface area contributed by atoms with Crippen LogP contribution in [0.25, 0.3) is 0 Å². The minimum Gasteiger partial charge on any atom is -0.396 e. The molecule has 1 N–H and O–H groups in total. The topological polar surface area (TPSA) is 88.5 Å². The molecule has 0 saturated heterocycles. The smallest absolute Gasteiger partial charge is 0.195 e. The Kier molecular flexibility index (Phi) is 6.97. The van der Waals surface area contributed by atoms with E-state index in [4.69, 9.17) is 0 Å². The number of benzene rings is 2. The Morgan fingerprint density at radius 3 is 1.58 bits per heavy atom. The van der Waals surface area contributed by atoms with Gasteiger partial charge < -0.3 is 5.11 Å². The summed E-state index contributed by atoms with van der Waals surface area (Å²) in [5.41, 5.74) is 0. The first-order chi connectivity index (χ1) is 12.3. The van der Waals surface area contributed by atoms with Crippen LogP contribution in [0.15, 0.2) is 70.5 Å². The van der Waals surface area contributed by atoms with Crippen LogP contribution in [0.1, 0.15) is 26.2 Å². The van der Waals surface area contributed by atoms with Gasteiger partial charge in [-0.1, -0.05) is 49.7 Å². The second-order valence-electron chi connectivity index (χ2n) is 6.22. The van der Waals surface area contributed by atoms with Gasteiger partial charge in [0.15, 0.2) is 24.3 Å². The lowest BCUT2D eigenvalue weighted by atomic mass is 10.0. The first kappa shape index (κ1) is 20.6. The summed E-state index contributed by atoms with van der Waals surface area (Å²) < 4.78 is 51.0. The number of hydrogen-bond donors (Lipinski definition) is 1. The van der Waals surface area contributed by atoms with Crippen molar-refractivity contribution in [3.8, 4) is 0 Å². The molecule has 5 nitrogen and oxygen atoms in total. The molecule has 0 amide bonds. The van der Waals surface area contributed by atoms with Gasteiger partial charge in [0.25, 0.3) is 0 Å². The molecule has 0 spiro atoms. The highest BCUT2D eigenvalue weighted by molar-refractivity contribution is 8.09. The minimum absolute atomic E-state index is 0.0299. The Balaban J connectivity index is 2.56. The molecule has 0 aromatic heterocycles. The van der Waals surface area contributed by atoms with Gasteiger partial charge in [-0.05, 0) is 43.0 Å². The Morgan fingerprint density at radius 2 is 1.23 bits per heavy atom. The monoisotopic (exact) mass is 396 g/mol. The van der Waals surface area contributed by atoms with Crippen molar-refractivity contribution < 1.29 is 21.9 Å². The van der Waals surface area contributed by atoms with Crippen LogP contribution < -0.4 is 0 Å². The van der Waals surface area contributed by atoms with E-state index in [9.17, 15) is 21.9 Å². The van der Waals surface area contributed by atoms with Gasteiger partial charge in [-0.25, -0.2) is 16.8 Å². The van der Waals surface area contributed by atoms with Crippen LogP contribution in [0.5, 0.6) is 0 Å². The maximum atomic E-state index is 13.1. The molecule has 2 aromatic carbocycles. The summed E-state index contributed by atoms with van der Waals surface area (Å²) in [6.07, 6.45) is 1.15. The summed E-state index contributed by atoms with van der Waals surface area (Å²) in [5, 5.41) is 9.59. The molecule has 0 unspecified atom stereocenters. The van der Waals surface area contributed by atoms with E-state index in [0.717, 1.165) is 6.42 Å². The molecule has 0 radical (unpaired) electrons. The zero-order valence-electron chi connectivity index (χ0n) is 14.7. The van der Waals surface area contributed by atoms with Crippen molar-refractivity contribution in [3.63, 3.8) is 0 Å². The zero-order valence-corrected chi connectivity index (χ0v) is 16.3. The van der Waals surface area contributed by atoms with Crippen molar-refractivity contribution in [2.75, 3.05) is 6.61 Å². The molecule has 26 heavy (non-hydrogen) atoms. The van der Waals surface area contributed by atoms with E-state index in [1.54, 1.807) is 36.4 Å². The largest absolute Gasteiger partial charge is 0.396 e. The van der Waals surface area contributed by atoms with Gasteiger partial charge in [0.1, 0.15) is 0 Å². The van der Waals surface area contributed by atoms with Crippen LogP contribution in [0.2, 0.25) is 0 Å². The zero-order chi connectivity index (χ0) is 19.2. The number of aliphatic hydroxyl groups is 1. The van der Waals surface area contributed by atoms with Crippen LogP contribution in [-0.2, 0) is 19.7 Å². The van der Waals surface area contributed by atoms with Crippen molar-refractivity contribution >= 4 is 19.7 Å². The van der Waals surface area contributed by atoms with Gasteiger partial charge >= 0.3 is 0 Å². The second-order valence-corrected chi connectivity index (χ2v) is 10.8. The molecule has 2 aromatic rings. The normalized spacial score (nSPS) is 13.7. The van der Waals surface area contributed by atoms with Gasteiger partial charge in [0.2, 0.25) is 0 Å². The van der Waals surface area contributed by atoms with E-state index in [2.05, 4.69) is 0 Å². The van der Waals surface area contributed by atoms with Crippen LogP contribution >= 0.6 is 0 Å². The third-order valence-corrected chi connectivity index (χ3v) is 9.46. The SMILES string of the molecule is CCC[C@H](CO)CC(S(=O)(=O)c1ccccc1)S(=O)(=O)c1ccccc1. The van der Waals surface area contributed by atoms with Crippen LogP contribution in [0, 0.1) is 5.92 Å². The van der Waals surface area contributed by atoms with E-state index in [1.807, 2.05) is 6.92 Å². The van der Waals surface area contributed by atoms with Gasteiger partial charge in [0.05, 0.1) is 9.79 Å².